The van der Waals surface area contributed by atoms with Crippen LogP contribution in [0.5, 0.6) is 0 Å². The van der Waals surface area contributed by atoms with Gasteiger partial charge in [0.25, 0.3) is 0 Å². The van der Waals surface area contributed by atoms with Crippen LogP contribution in [0.4, 0.5) is 0 Å². The molecule has 0 amide bonds. The Labute approximate surface area is 105 Å². The Bertz CT molecular complexity index is 548. The largest absolute Gasteiger partial charge is 0.294 e. The van der Waals surface area contributed by atoms with Gasteiger partial charge in [0.05, 0.1) is 5.41 Å². The molecule has 1 atom stereocenters. The molecule has 4 nitrogen and oxygen atoms in total. The zero-order chi connectivity index (χ0) is 13.3. The number of allylic oxidation sites excluding steroid dienone is 1. The molecule has 0 aromatic heterocycles. The minimum absolute atomic E-state index is 0.0533. The topological polar surface area (TPSA) is 60.2 Å². The van der Waals surface area contributed by atoms with E-state index in [0.717, 1.165) is 16.7 Å². The lowest BCUT2D eigenvalue weighted by atomic mass is 9.71. The number of carbonyl (C=O) groups is 1. The maximum Gasteiger partial charge on any atom is 0.205 e. The number of hydrogen-bond donors (Lipinski definition) is 0. The fourth-order valence-electron chi connectivity index (χ4n) is 2.35. The van der Waals surface area contributed by atoms with Crippen LogP contribution >= 0.6 is 0 Å². The molecule has 0 heterocycles. The highest BCUT2D eigenvalue weighted by molar-refractivity contribution is 6.04. The lowest BCUT2D eigenvalue weighted by Crippen LogP contribution is -2.36. The summed E-state index contributed by atoms with van der Waals surface area (Å²) in [6, 6.07) is 5.89. The first kappa shape index (κ1) is 12.5. The summed E-state index contributed by atoms with van der Waals surface area (Å²) in [5.41, 5.74) is 2.16. The number of nitrogens with zero attached hydrogens (tertiary/aromatic N) is 1. The summed E-state index contributed by atoms with van der Waals surface area (Å²) >= 11 is 0. The molecule has 18 heavy (non-hydrogen) atoms. The molecule has 0 saturated heterocycles. The van der Waals surface area contributed by atoms with E-state index in [1.165, 1.54) is 6.08 Å². The Kier molecular flexibility index (Phi) is 3.03. The van der Waals surface area contributed by atoms with Crippen LogP contribution in [0.1, 0.15) is 30.0 Å². The normalized spacial score (nSPS) is 21.8. The van der Waals surface area contributed by atoms with Crippen LogP contribution < -0.4 is 0 Å². The number of nitro groups is 1. The Morgan fingerprint density at radius 1 is 1.33 bits per heavy atom. The van der Waals surface area contributed by atoms with Gasteiger partial charge in [-0.2, -0.15) is 0 Å². The summed E-state index contributed by atoms with van der Waals surface area (Å²) in [5.74, 6) is -0.0533. The van der Waals surface area contributed by atoms with Gasteiger partial charge in [-0.25, -0.2) is 0 Å². The molecule has 2 rings (SSSR count). The summed E-state index contributed by atoms with van der Waals surface area (Å²) < 4.78 is 0. The van der Waals surface area contributed by atoms with Gasteiger partial charge in [-0.3, -0.25) is 14.9 Å². The van der Waals surface area contributed by atoms with E-state index in [4.69, 9.17) is 0 Å². The third kappa shape index (κ3) is 2.06. The maximum absolute atomic E-state index is 12.1. The van der Waals surface area contributed by atoms with E-state index < -0.39 is 5.41 Å². The molecular formula is C14H15NO3. The van der Waals surface area contributed by atoms with Crippen molar-refractivity contribution in [2.45, 2.75) is 25.7 Å². The highest BCUT2D eigenvalue weighted by atomic mass is 16.6. The predicted octanol–water partition coefficient (Wildman–Crippen LogP) is 2.52. The van der Waals surface area contributed by atoms with Crippen molar-refractivity contribution in [3.05, 3.63) is 51.1 Å². The molecule has 0 aliphatic heterocycles. The molecule has 0 unspecified atom stereocenters. The van der Waals surface area contributed by atoms with Crippen LogP contribution in [0.2, 0.25) is 0 Å². The van der Waals surface area contributed by atoms with E-state index in [-0.39, 0.29) is 23.7 Å². The SMILES string of the molecule is Cc1ccc2c(c1)[C@@](C)(CC[N+](=O)[O-])C(=O)C=C2. The second-order valence-corrected chi connectivity index (χ2v) is 4.93. The monoisotopic (exact) mass is 245 g/mol. The number of fused-ring (bicyclic) bond motifs is 1. The van der Waals surface area contributed by atoms with E-state index in [1.54, 1.807) is 13.0 Å². The van der Waals surface area contributed by atoms with Crippen LogP contribution in [0.3, 0.4) is 0 Å². The van der Waals surface area contributed by atoms with Gasteiger partial charge < -0.3 is 0 Å². The lowest BCUT2D eigenvalue weighted by Gasteiger charge is -2.30. The first-order valence-corrected chi connectivity index (χ1v) is 5.89. The first-order valence-electron chi connectivity index (χ1n) is 5.89. The second kappa shape index (κ2) is 4.37. The highest BCUT2D eigenvalue weighted by Gasteiger charge is 2.38. The molecule has 1 aliphatic carbocycles. The number of rotatable bonds is 3. The third-order valence-electron chi connectivity index (χ3n) is 3.56. The average molecular weight is 245 g/mol. The van der Waals surface area contributed by atoms with Gasteiger partial charge in [-0.05, 0) is 31.1 Å². The molecule has 4 heteroatoms. The van der Waals surface area contributed by atoms with E-state index in [1.807, 2.05) is 25.1 Å². The Balaban J connectivity index is 2.46. The van der Waals surface area contributed by atoms with Gasteiger partial charge in [0.1, 0.15) is 0 Å². The first-order chi connectivity index (χ1) is 8.43. The van der Waals surface area contributed by atoms with Gasteiger partial charge in [-0.15, -0.1) is 0 Å². The molecule has 1 aliphatic rings. The highest BCUT2D eigenvalue weighted by Crippen LogP contribution is 2.36. The zero-order valence-corrected chi connectivity index (χ0v) is 10.5. The molecule has 94 valence electrons. The van der Waals surface area contributed by atoms with Gasteiger partial charge >= 0.3 is 0 Å². The number of ketones is 1. The van der Waals surface area contributed by atoms with Crippen LogP contribution in [0, 0.1) is 17.0 Å². The molecule has 0 N–H and O–H groups in total. The smallest absolute Gasteiger partial charge is 0.205 e. The molecule has 0 fully saturated rings. The van der Waals surface area contributed by atoms with Crippen LogP contribution in [0.25, 0.3) is 6.08 Å². The number of benzene rings is 1. The average Bonchev–Trinajstić information content (AvgIpc) is 2.32. The van der Waals surface area contributed by atoms with Crippen molar-refractivity contribution in [1.29, 1.82) is 0 Å². The quantitative estimate of drug-likeness (QED) is 0.607. The van der Waals surface area contributed by atoms with E-state index >= 15 is 0 Å². The van der Waals surface area contributed by atoms with Crippen molar-refractivity contribution in [3.8, 4) is 0 Å². The fourth-order valence-corrected chi connectivity index (χ4v) is 2.35. The van der Waals surface area contributed by atoms with Crippen molar-refractivity contribution in [3.63, 3.8) is 0 Å². The van der Waals surface area contributed by atoms with Crippen molar-refractivity contribution in [2.24, 2.45) is 0 Å². The molecule has 1 aromatic carbocycles. The molecule has 0 bridgehead atoms. The van der Waals surface area contributed by atoms with E-state index in [0.29, 0.717) is 0 Å². The number of carbonyl (C=O) groups excluding carboxylic acids is 1. The van der Waals surface area contributed by atoms with Crippen molar-refractivity contribution < 1.29 is 9.72 Å². The second-order valence-electron chi connectivity index (χ2n) is 4.93. The van der Waals surface area contributed by atoms with Crippen molar-refractivity contribution in [2.75, 3.05) is 6.54 Å². The van der Waals surface area contributed by atoms with Crippen LogP contribution in [0.15, 0.2) is 24.3 Å². The summed E-state index contributed by atoms with van der Waals surface area (Å²) in [4.78, 5) is 22.3. The molecular weight excluding hydrogens is 230 g/mol. The van der Waals surface area contributed by atoms with Gasteiger partial charge in [0.15, 0.2) is 5.78 Å². The van der Waals surface area contributed by atoms with Gasteiger partial charge in [-0.1, -0.05) is 29.8 Å². The van der Waals surface area contributed by atoms with Crippen molar-refractivity contribution in [1.82, 2.24) is 0 Å². The standard InChI is InChI=1S/C14H15NO3/c1-10-3-4-11-5-6-13(16)14(2,12(11)9-10)7-8-15(17)18/h3-6,9H,7-8H2,1-2H3/t14-/m1/s1. The number of hydrogen-bond acceptors (Lipinski definition) is 3. The summed E-state index contributed by atoms with van der Waals surface area (Å²) in [7, 11) is 0. The minimum Gasteiger partial charge on any atom is -0.294 e. The predicted molar refractivity (Wildman–Crippen MR) is 69.1 cm³/mol. The van der Waals surface area contributed by atoms with Crippen LogP contribution in [-0.2, 0) is 10.2 Å². The van der Waals surface area contributed by atoms with Gasteiger partial charge in [0.2, 0.25) is 6.54 Å². The summed E-state index contributed by atoms with van der Waals surface area (Å²) in [6.45, 7) is 3.56. The maximum atomic E-state index is 12.1. The Hall–Kier alpha value is -1.97. The summed E-state index contributed by atoms with van der Waals surface area (Å²) in [6.07, 6.45) is 3.54. The summed E-state index contributed by atoms with van der Waals surface area (Å²) in [5, 5.41) is 10.5. The molecule has 0 saturated carbocycles. The zero-order valence-electron chi connectivity index (χ0n) is 10.5. The Morgan fingerprint density at radius 3 is 2.72 bits per heavy atom. The lowest BCUT2D eigenvalue weighted by molar-refractivity contribution is -0.481. The molecule has 1 aromatic rings. The minimum atomic E-state index is -0.775. The van der Waals surface area contributed by atoms with Crippen LogP contribution in [-0.4, -0.2) is 17.3 Å². The number of aryl methyl sites for hydroxylation is 1. The van der Waals surface area contributed by atoms with Gasteiger partial charge in [0, 0.05) is 11.3 Å². The third-order valence-corrected chi connectivity index (χ3v) is 3.56. The van der Waals surface area contributed by atoms with Crippen molar-refractivity contribution >= 4 is 11.9 Å². The van der Waals surface area contributed by atoms with E-state index in [9.17, 15) is 14.9 Å². The molecule has 0 spiro atoms. The van der Waals surface area contributed by atoms with E-state index in [2.05, 4.69) is 0 Å². The Morgan fingerprint density at radius 2 is 2.06 bits per heavy atom. The molecule has 0 radical (unpaired) electrons. The fraction of sp³-hybridized carbons (Fsp3) is 0.357.